The summed E-state index contributed by atoms with van der Waals surface area (Å²) in [6.07, 6.45) is -2.68. The van der Waals surface area contributed by atoms with Crippen LogP contribution in [0.15, 0.2) is 18.2 Å². The van der Waals surface area contributed by atoms with Crippen molar-refractivity contribution in [3.63, 3.8) is 0 Å². The summed E-state index contributed by atoms with van der Waals surface area (Å²) < 4.78 is 26.5. The van der Waals surface area contributed by atoms with Crippen LogP contribution in [-0.2, 0) is 11.2 Å². The van der Waals surface area contributed by atoms with Gasteiger partial charge in [0, 0.05) is 19.2 Å². The molecule has 2 atom stereocenters. The highest BCUT2D eigenvalue weighted by Gasteiger charge is 2.22. The average Bonchev–Trinajstić information content (AvgIpc) is 2.50. The normalized spacial score (nSPS) is 13.3. The van der Waals surface area contributed by atoms with Crippen LogP contribution in [0.1, 0.15) is 19.4 Å². The van der Waals surface area contributed by atoms with E-state index in [4.69, 9.17) is 5.11 Å². The predicted octanol–water partition coefficient (Wildman–Crippen LogP) is 0.866. The number of aliphatic hydroxyl groups excluding tert-OH is 1. The van der Waals surface area contributed by atoms with Crippen molar-refractivity contribution in [2.75, 3.05) is 19.6 Å². The Labute approximate surface area is 150 Å². The first-order chi connectivity index (χ1) is 12.2. The van der Waals surface area contributed by atoms with Crippen LogP contribution in [0.5, 0.6) is 0 Å². The van der Waals surface area contributed by atoms with Crippen molar-refractivity contribution in [3.8, 4) is 0 Å². The largest absolute Gasteiger partial charge is 0.465 e. The molecule has 0 fully saturated rings. The fourth-order valence-corrected chi connectivity index (χ4v) is 2.28. The molecule has 26 heavy (non-hydrogen) atoms. The number of aliphatic hydroxyl groups is 1. The van der Waals surface area contributed by atoms with E-state index in [9.17, 15) is 23.5 Å². The average molecular weight is 373 g/mol. The molecule has 0 aliphatic carbocycles. The minimum absolute atomic E-state index is 0.0435. The van der Waals surface area contributed by atoms with Crippen LogP contribution < -0.4 is 16.0 Å². The second-order valence-corrected chi connectivity index (χ2v) is 6.43. The van der Waals surface area contributed by atoms with E-state index in [0.717, 1.165) is 12.1 Å². The molecule has 5 N–H and O–H groups in total. The van der Waals surface area contributed by atoms with Gasteiger partial charge in [0.25, 0.3) is 0 Å². The fraction of sp³-hybridized carbons (Fsp3) is 0.529. The Balaban J connectivity index is 2.58. The van der Waals surface area contributed by atoms with Crippen molar-refractivity contribution >= 4 is 12.0 Å². The molecule has 146 valence electrons. The molecule has 0 radical (unpaired) electrons. The Morgan fingerprint density at radius 3 is 2.27 bits per heavy atom. The highest BCUT2D eigenvalue weighted by atomic mass is 19.1. The van der Waals surface area contributed by atoms with Crippen LogP contribution >= 0.6 is 0 Å². The zero-order valence-corrected chi connectivity index (χ0v) is 14.8. The molecule has 0 heterocycles. The summed E-state index contributed by atoms with van der Waals surface area (Å²) in [6, 6.07) is 1.84. The third-order valence-corrected chi connectivity index (χ3v) is 3.50. The Hall–Kier alpha value is -2.26. The van der Waals surface area contributed by atoms with Crippen LogP contribution in [0, 0.1) is 17.6 Å². The molecule has 2 amide bonds. The molecule has 9 heteroatoms. The molecule has 1 aromatic rings. The Morgan fingerprint density at radius 2 is 1.73 bits per heavy atom. The zero-order chi connectivity index (χ0) is 19.7. The molecule has 1 rings (SSSR count). The number of rotatable bonds is 10. The van der Waals surface area contributed by atoms with Gasteiger partial charge in [-0.1, -0.05) is 13.8 Å². The van der Waals surface area contributed by atoms with Gasteiger partial charge in [-0.05, 0) is 30.0 Å². The molecule has 7 nitrogen and oxygen atoms in total. The van der Waals surface area contributed by atoms with Gasteiger partial charge in [0.2, 0.25) is 5.91 Å². The van der Waals surface area contributed by atoms with Crippen molar-refractivity contribution in [1.82, 2.24) is 16.0 Å². The van der Waals surface area contributed by atoms with Crippen LogP contribution in [0.4, 0.5) is 13.6 Å². The molecule has 0 bridgehead atoms. The van der Waals surface area contributed by atoms with Crippen LogP contribution in [0.2, 0.25) is 0 Å². The van der Waals surface area contributed by atoms with Crippen LogP contribution in [0.25, 0.3) is 0 Å². The van der Waals surface area contributed by atoms with Crippen molar-refractivity contribution in [2.45, 2.75) is 32.4 Å². The van der Waals surface area contributed by atoms with Gasteiger partial charge in [-0.2, -0.15) is 0 Å². The summed E-state index contributed by atoms with van der Waals surface area (Å²) in [4.78, 5) is 22.5. The third-order valence-electron chi connectivity index (χ3n) is 3.50. The van der Waals surface area contributed by atoms with Crippen LogP contribution in [0.3, 0.4) is 0 Å². The fourth-order valence-electron chi connectivity index (χ4n) is 2.28. The number of hydrogen-bond acceptors (Lipinski definition) is 4. The predicted molar refractivity (Wildman–Crippen MR) is 91.7 cm³/mol. The Kier molecular flexibility index (Phi) is 8.94. The summed E-state index contributed by atoms with van der Waals surface area (Å²) in [7, 11) is 0. The summed E-state index contributed by atoms with van der Waals surface area (Å²) in [5.41, 5.74) is 0.204. The maximum absolute atomic E-state index is 13.3. The van der Waals surface area contributed by atoms with E-state index in [-0.39, 0.29) is 31.0 Å². The standard InChI is InChI=1S/C17H25F2N3O4/c1-10(2)7-21-16(24)9-20-8-15(23)14(22-17(25)26)5-11-3-12(18)6-13(19)4-11/h3-4,6,10,14-15,20,22-23H,5,7-9H2,1-2H3,(H,21,24)(H,25,26)/t14-,15+/m0/s1. The molecule has 0 saturated heterocycles. The van der Waals surface area contributed by atoms with Gasteiger partial charge in [-0.3, -0.25) is 4.79 Å². The van der Waals surface area contributed by atoms with E-state index in [2.05, 4.69) is 16.0 Å². The molecular formula is C17H25F2N3O4. The molecule has 0 saturated carbocycles. The Morgan fingerprint density at radius 1 is 1.12 bits per heavy atom. The van der Waals surface area contributed by atoms with Crippen molar-refractivity contribution in [1.29, 1.82) is 0 Å². The summed E-state index contributed by atoms with van der Waals surface area (Å²) in [6.45, 7) is 4.32. The van der Waals surface area contributed by atoms with Gasteiger partial charge in [0.15, 0.2) is 0 Å². The lowest BCUT2D eigenvalue weighted by molar-refractivity contribution is -0.120. The number of halogens is 2. The lowest BCUT2D eigenvalue weighted by Crippen LogP contribution is -2.49. The molecule has 1 aromatic carbocycles. The van der Waals surface area contributed by atoms with Gasteiger partial charge < -0.3 is 26.2 Å². The molecule has 0 aliphatic heterocycles. The minimum atomic E-state index is -1.37. The topological polar surface area (TPSA) is 111 Å². The lowest BCUT2D eigenvalue weighted by Gasteiger charge is -2.23. The number of carbonyl (C=O) groups excluding carboxylic acids is 1. The first kappa shape index (κ1) is 21.8. The van der Waals surface area contributed by atoms with E-state index < -0.39 is 29.9 Å². The molecule has 0 spiro atoms. The summed E-state index contributed by atoms with van der Waals surface area (Å²) in [5.74, 6) is -1.52. The van der Waals surface area contributed by atoms with Gasteiger partial charge in [-0.25, -0.2) is 13.6 Å². The second-order valence-electron chi connectivity index (χ2n) is 6.43. The van der Waals surface area contributed by atoms with Gasteiger partial charge >= 0.3 is 6.09 Å². The summed E-state index contributed by atoms with van der Waals surface area (Å²) >= 11 is 0. The molecular weight excluding hydrogens is 348 g/mol. The van der Waals surface area contributed by atoms with E-state index in [1.807, 2.05) is 13.8 Å². The highest BCUT2D eigenvalue weighted by molar-refractivity contribution is 5.77. The zero-order valence-electron chi connectivity index (χ0n) is 14.8. The van der Waals surface area contributed by atoms with E-state index in [0.29, 0.717) is 18.5 Å². The van der Waals surface area contributed by atoms with E-state index >= 15 is 0 Å². The number of amides is 2. The third kappa shape index (κ3) is 8.72. The summed E-state index contributed by atoms with van der Waals surface area (Å²) in [5, 5.41) is 26.6. The number of hydrogen-bond donors (Lipinski definition) is 5. The van der Waals surface area contributed by atoms with Gasteiger partial charge in [0.1, 0.15) is 11.6 Å². The Bertz CT molecular complexity index is 593. The number of benzene rings is 1. The maximum Gasteiger partial charge on any atom is 0.404 e. The van der Waals surface area contributed by atoms with Gasteiger partial charge in [0.05, 0.1) is 18.7 Å². The smallest absolute Gasteiger partial charge is 0.404 e. The van der Waals surface area contributed by atoms with Crippen molar-refractivity contribution in [2.24, 2.45) is 5.92 Å². The number of carboxylic acid groups (broad SMARTS) is 1. The van der Waals surface area contributed by atoms with Gasteiger partial charge in [-0.15, -0.1) is 0 Å². The first-order valence-corrected chi connectivity index (χ1v) is 8.27. The van der Waals surface area contributed by atoms with Crippen LogP contribution in [-0.4, -0.2) is 54.0 Å². The molecule has 0 aromatic heterocycles. The highest BCUT2D eigenvalue weighted by Crippen LogP contribution is 2.11. The molecule has 0 aliphatic rings. The first-order valence-electron chi connectivity index (χ1n) is 8.27. The maximum atomic E-state index is 13.3. The minimum Gasteiger partial charge on any atom is -0.465 e. The monoisotopic (exact) mass is 373 g/mol. The quantitative estimate of drug-likeness (QED) is 0.418. The van der Waals surface area contributed by atoms with E-state index in [1.54, 1.807) is 0 Å². The second kappa shape index (κ2) is 10.7. The van der Waals surface area contributed by atoms with E-state index in [1.165, 1.54) is 0 Å². The number of nitrogens with one attached hydrogen (secondary N) is 3. The van der Waals surface area contributed by atoms with Crippen molar-refractivity contribution in [3.05, 3.63) is 35.4 Å². The number of carbonyl (C=O) groups is 2. The lowest BCUT2D eigenvalue weighted by atomic mass is 10.0. The SMILES string of the molecule is CC(C)CNC(=O)CNC[C@@H](O)[C@H](Cc1cc(F)cc(F)c1)NC(=O)O. The molecule has 0 unspecified atom stereocenters. The van der Waals surface area contributed by atoms with Crippen molar-refractivity contribution < 1.29 is 28.6 Å².